The van der Waals surface area contributed by atoms with E-state index in [0.29, 0.717) is 33.7 Å². The second kappa shape index (κ2) is 7.59. The second-order valence-electron chi connectivity index (χ2n) is 6.99. The zero-order valence-corrected chi connectivity index (χ0v) is 17.2. The average Bonchev–Trinajstić information content (AvgIpc) is 3.21. The summed E-state index contributed by atoms with van der Waals surface area (Å²) in [6.07, 6.45) is 2.00. The molecule has 0 spiro atoms. The van der Waals surface area contributed by atoms with Crippen molar-refractivity contribution in [1.82, 2.24) is 9.38 Å². The monoisotopic (exact) mass is 437 g/mol. The minimum absolute atomic E-state index is 0.128. The minimum Gasteiger partial charge on any atom is -0.489 e. The van der Waals surface area contributed by atoms with Gasteiger partial charge in [-0.1, -0.05) is 41.9 Å². The summed E-state index contributed by atoms with van der Waals surface area (Å²) in [6, 6.07) is 15.0. The number of benzene rings is 2. The normalized spacial score (nSPS) is 15.6. The Hall–Kier alpha value is -3.16. The topological polar surface area (TPSA) is 72.7 Å². The quantitative estimate of drug-likeness (QED) is 0.511. The molecule has 0 radical (unpaired) electrons. The van der Waals surface area contributed by atoms with Crippen LogP contribution in [-0.2, 0) is 11.4 Å². The number of aromatic nitrogens is 2. The smallest absolute Gasteiger partial charge is 0.279 e. The first-order chi connectivity index (χ1) is 14.6. The van der Waals surface area contributed by atoms with E-state index in [2.05, 4.69) is 10.3 Å². The first-order valence-corrected chi connectivity index (χ1v) is 10.6. The van der Waals surface area contributed by atoms with Crippen molar-refractivity contribution in [2.45, 2.75) is 18.9 Å². The van der Waals surface area contributed by atoms with Gasteiger partial charge in [-0.3, -0.25) is 14.0 Å². The van der Waals surface area contributed by atoms with Crippen molar-refractivity contribution in [1.29, 1.82) is 0 Å². The molecule has 0 saturated carbocycles. The van der Waals surface area contributed by atoms with E-state index in [4.69, 9.17) is 16.3 Å². The molecule has 150 valence electrons. The standard InChI is InChI=1S/C22H16ClN3O3S/c23-17-4-2-1-3-14(17)12-29-15-7-5-13(6-8-15)16-11-18(27)24-20-19(16)21(28)25-22-26(20)9-10-30-22/h1-10,16H,11-12H2,(H,24,27)/t16-/m0/s1. The maximum Gasteiger partial charge on any atom is 0.279 e. The number of carbonyl (C=O) groups is 1. The SMILES string of the molecule is O=C1C[C@@H](c2ccc(OCc3ccccc3Cl)cc2)c2c(n3ccsc3nc2=O)N1. The molecule has 1 aliphatic heterocycles. The Kier molecular flexibility index (Phi) is 4.77. The van der Waals surface area contributed by atoms with Gasteiger partial charge in [0.1, 0.15) is 18.2 Å². The second-order valence-corrected chi connectivity index (χ2v) is 8.27. The third-order valence-electron chi connectivity index (χ3n) is 5.14. The van der Waals surface area contributed by atoms with Gasteiger partial charge < -0.3 is 10.1 Å². The van der Waals surface area contributed by atoms with Crippen molar-refractivity contribution in [2.24, 2.45) is 0 Å². The molecule has 3 heterocycles. The van der Waals surface area contributed by atoms with Gasteiger partial charge in [-0.2, -0.15) is 4.98 Å². The highest BCUT2D eigenvalue weighted by Crippen LogP contribution is 2.36. The lowest BCUT2D eigenvalue weighted by atomic mass is 9.87. The van der Waals surface area contributed by atoms with Crippen LogP contribution < -0.4 is 15.6 Å². The van der Waals surface area contributed by atoms with Crippen LogP contribution >= 0.6 is 22.9 Å². The summed E-state index contributed by atoms with van der Waals surface area (Å²) < 4.78 is 7.59. The molecule has 0 bridgehead atoms. The molecule has 2 aromatic carbocycles. The lowest BCUT2D eigenvalue weighted by molar-refractivity contribution is -0.116. The number of hydrogen-bond acceptors (Lipinski definition) is 5. The van der Waals surface area contributed by atoms with Crippen molar-refractivity contribution in [3.63, 3.8) is 0 Å². The summed E-state index contributed by atoms with van der Waals surface area (Å²) in [5.41, 5.74) is 1.97. The van der Waals surface area contributed by atoms with Gasteiger partial charge >= 0.3 is 0 Å². The van der Waals surface area contributed by atoms with Crippen LogP contribution in [0, 0.1) is 0 Å². The van der Waals surface area contributed by atoms with E-state index in [0.717, 1.165) is 11.1 Å². The maximum atomic E-state index is 12.7. The lowest BCUT2D eigenvalue weighted by Crippen LogP contribution is -2.31. The molecule has 8 heteroatoms. The molecule has 1 atom stereocenters. The van der Waals surface area contributed by atoms with Crippen molar-refractivity contribution in [3.8, 4) is 5.75 Å². The molecule has 1 N–H and O–H groups in total. The molecule has 4 aromatic rings. The highest BCUT2D eigenvalue weighted by atomic mass is 35.5. The Balaban J connectivity index is 1.45. The van der Waals surface area contributed by atoms with Crippen LogP contribution in [0.15, 0.2) is 64.9 Å². The fraction of sp³-hybridized carbons (Fsp3) is 0.136. The molecule has 1 amide bonds. The van der Waals surface area contributed by atoms with Crippen LogP contribution in [0.4, 0.5) is 5.82 Å². The van der Waals surface area contributed by atoms with Crippen molar-refractivity contribution >= 4 is 39.6 Å². The van der Waals surface area contributed by atoms with E-state index < -0.39 is 0 Å². The Morgan fingerprint density at radius 1 is 1.17 bits per heavy atom. The Labute approximate surface area is 180 Å². The molecule has 0 unspecified atom stereocenters. The summed E-state index contributed by atoms with van der Waals surface area (Å²) in [7, 11) is 0. The van der Waals surface area contributed by atoms with Crippen LogP contribution in [0.5, 0.6) is 5.75 Å². The van der Waals surface area contributed by atoms with Crippen LogP contribution in [0.2, 0.25) is 5.02 Å². The van der Waals surface area contributed by atoms with Gasteiger partial charge in [0.15, 0.2) is 4.96 Å². The highest BCUT2D eigenvalue weighted by molar-refractivity contribution is 7.15. The molecular formula is C22H16ClN3O3S. The Morgan fingerprint density at radius 2 is 1.97 bits per heavy atom. The molecule has 1 aliphatic rings. The number of halogens is 1. The van der Waals surface area contributed by atoms with E-state index >= 15 is 0 Å². The number of fused-ring (bicyclic) bond motifs is 3. The third kappa shape index (κ3) is 3.36. The molecule has 2 aromatic heterocycles. The van der Waals surface area contributed by atoms with E-state index in [9.17, 15) is 9.59 Å². The molecule has 0 saturated heterocycles. The van der Waals surface area contributed by atoms with Gasteiger partial charge in [-0.15, -0.1) is 11.3 Å². The number of nitrogens with zero attached hydrogens (tertiary/aromatic N) is 2. The zero-order chi connectivity index (χ0) is 20.7. The van der Waals surface area contributed by atoms with Crippen LogP contribution in [0.3, 0.4) is 0 Å². The number of hydrogen-bond donors (Lipinski definition) is 1. The van der Waals surface area contributed by atoms with Gasteiger partial charge in [0.05, 0.1) is 5.56 Å². The van der Waals surface area contributed by atoms with E-state index in [1.54, 1.807) is 10.6 Å². The van der Waals surface area contributed by atoms with E-state index in [1.807, 2.05) is 53.9 Å². The predicted octanol–water partition coefficient (Wildman–Crippen LogP) is 4.46. The van der Waals surface area contributed by atoms with Crippen LogP contribution in [0.1, 0.15) is 29.0 Å². The fourth-order valence-corrected chi connectivity index (χ4v) is 4.57. The maximum absolute atomic E-state index is 12.7. The molecule has 5 rings (SSSR count). The summed E-state index contributed by atoms with van der Waals surface area (Å²) in [5.74, 6) is 0.703. The molecular weight excluding hydrogens is 422 g/mol. The van der Waals surface area contributed by atoms with Crippen molar-refractivity contribution in [2.75, 3.05) is 5.32 Å². The number of thiazole rings is 1. The number of ether oxygens (including phenoxy) is 1. The van der Waals surface area contributed by atoms with Crippen LogP contribution in [0.25, 0.3) is 4.96 Å². The molecule has 0 aliphatic carbocycles. The van der Waals surface area contributed by atoms with Crippen molar-refractivity contribution < 1.29 is 9.53 Å². The number of rotatable bonds is 4. The Bertz CT molecular complexity index is 1310. The largest absolute Gasteiger partial charge is 0.489 e. The summed E-state index contributed by atoms with van der Waals surface area (Å²) >= 11 is 7.53. The van der Waals surface area contributed by atoms with Gasteiger partial charge in [0.25, 0.3) is 5.56 Å². The number of anilines is 1. The van der Waals surface area contributed by atoms with Gasteiger partial charge in [0, 0.05) is 34.5 Å². The van der Waals surface area contributed by atoms with E-state index in [-0.39, 0.29) is 23.8 Å². The Morgan fingerprint density at radius 3 is 2.77 bits per heavy atom. The lowest BCUT2D eigenvalue weighted by Gasteiger charge is -2.25. The molecule has 30 heavy (non-hydrogen) atoms. The van der Waals surface area contributed by atoms with Gasteiger partial charge in [0.2, 0.25) is 5.91 Å². The first-order valence-electron chi connectivity index (χ1n) is 9.36. The van der Waals surface area contributed by atoms with Gasteiger partial charge in [-0.25, -0.2) is 0 Å². The minimum atomic E-state index is -0.358. The van der Waals surface area contributed by atoms with Gasteiger partial charge in [-0.05, 0) is 23.8 Å². The number of amides is 1. The first kappa shape index (κ1) is 18.8. The number of carbonyl (C=O) groups excluding carboxylic acids is 1. The highest BCUT2D eigenvalue weighted by Gasteiger charge is 2.31. The summed E-state index contributed by atoms with van der Waals surface area (Å²) in [6.45, 7) is 0.356. The molecule has 6 nitrogen and oxygen atoms in total. The summed E-state index contributed by atoms with van der Waals surface area (Å²) in [5, 5.41) is 5.33. The third-order valence-corrected chi connectivity index (χ3v) is 6.27. The summed E-state index contributed by atoms with van der Waals surface area (Å²) in [4.78, 5) is 29.8. The van der Waals surface area contributed by atoms with E-state index in [1.165, 1.54) is 11.3 Å². The zero-order valence-electron chi connectivity index (χ0n) is 15.7. The predicted molar refractivity (Wildman–Crippen MR) is 117 cm³/mol. The van der Waals surface area contributed by atoms with Crippen LogP contribution in [-0.4, -0.2) is 15.3 Å². The number of nitrogens with one attached hydrogen (secondary N) is 1. The average molecular weight is 438 g/mol. The molecule has 0 fully saturated rings. The fourth-order valence-electron chi connectivity index (χ4n) is 3.67. The van der Waals surface area contributed by atoms with Crippen molar-refractivity contribution in [3.05, 3.63) is 92.2 Å².